The van der Waals surface area contributed by atoms with Crippen molar-refractivity contribution in [1.82, 2.24) is 0 Å². The molecular formula is C57H96O5. The van der Waals surface area contributed by atoms with Crippen molar-refractivity contribution in [2.45, 2.75) is 232 Å². The number of rotatable bonds is 46. The van der Waals surface area contributed by atoms with Gasteiger partial charge in [-0.05, 0) is 77.0 Å². The van der Waals surface area contributed by atoms with Crippen LogP contribution in [0.5, 0.6) is 0 Å². The van der Waals surface area contributed by atoms with Gasteiger partial charge in [0.1, 0.15) is 6.61 Å². The molecule has 0 fully saturated rings. The highest BCUT2D eigenvalue weighted by Crippen LogP contribution is 2.14. The highest BCUT2D eigenvalue weighted by molar-refractivity contribution is 5.71. The zero-order chi connectivity index (χ0) is 44.9. The Kier molecular flexibility index (Phi) is 49.5. The van der Waals surface area contributed by atoms with Crippen molar-refractivity contribution in [3.8, 4) is 0 Å². The standard InChI is InChI=1S/C57H96O5/c1-4-7-10-13-16-19-22-25-28-31-34-37-40-43-46-49-52-60-53-55(62-57(59)51-48-45-42-39-36-33-30-27-24-21-18-15-12-9-6-3)54-61-56(58)50-47-44-41-38-35-32-29-26-23-20-17-14-11-8-5-2/h8-9,11-12,17-18,20-21,26-27,29-30,35,38,44,47,55H,4-7,10,13-16,19,22-25,28,31-34,36-37,39-43,45-46,48-54H2,1-3H3/b11-8-,12-9-,20-17-,21-18-,29-26-,30-27-,38-35-,47-44-. The predicted molar refractivity (Wildman–Crippen MR) is 270 cm³/mol. The third-order valence-electron chi connectivity index (χ3n) is 10.6. The average molecular weight is 861 g/mol. The quantitative estimate of drug-likeness (QED) is 0.0347. The Balaban J connectivity index is 4.41. The van der Waals surface area contributed by atoms with Crippen molar-refractivity contribution in [1.29, 1.82) is 0 Å². The van der Waals surface area contributed by atoms with Gasteiger partial charge in [0.25, 0.3) is 0 Å². The lowest BCUT2D eigenvalue weighted by atomic mass is 10.0. The molecule has 0 heterocycles. The third kappa shape index (κ3) is 49.5. The number of carbonyl (C=O) groups is 2. The molecule has 5 nitrogen and oxygen atoms in total. The van der Waals surface area contributed by atoms with Gasteiger partial charge in [0.15, 0.2) is 6.10 Å². The van der Waals surface area contributed by atoms with E-state index in [0.717, 1.165) is 89.9 Å². The van der Waals surface area contributed by atoms with E-state index in [2.05, 4.69) is 106 Å². The fourth-order valence-corrected chi connectivity index (χ4v) is 6.89. The molecular weight excluding hydrogens is 765 g/mol. The van der Waals surface area contributed by atoms with Crippen molar-refractivity contribution >= 4 is 11.9 Å². The van der Waals surface area contributed by atoms with Crippen LogP contribution in [0.15, 0.2) is 97.2 Å². The molecule has 0 aliphatic heterocycles. The summed E-state index contributed by atoms with van der Waals surface area (Å²) in [4.78, 5) is 25.3. The molecule has 0 aliphatic carbocycles. The molecule has 0 saturated carbocycles. The van der Waals surface area contributed by atoms with E-state index in [4.69, 9.17) is 14.2 Å². The van der Waals surface area contributed by atoms with Crippen LogP contribution in [-0.4, -0.2) is 37.9 Å². The fraction of sp³-hybridized carbons (Fsp3) is 0.684. The van der Waals surface area contributed by atoms with Crippen LogP contribution in [0.1, 0.15) is 226 Å². The molecule has 354 valence electrons. The van der Waals surface area contributed by atoms with Gasteiger partial charge >= 0.3 is 11.9 Å². The number of unbranched alkanes of at least 4 members (excludes halogenated alkanes) is 20. The molecule has 0 amide bonds. The summed E-state index contributed by atoms with van der Waals surface area (Å²) in [7, 11) is 0. The molecule has 5 heteroatoms. The van der Waals surface area contributed by atoms with Crippen LogP contribution in [0.4, 0.5) is 0 Å². The lowest BCUT2D eigenvalue weighted by Gasteiger charge is -2.18. The predicted octanol–water partition coefficient (Wildman–Crippen LogP) is 17.5. The summed E-state index contributed by atoms with van der Waals surface area (Å²) in [5.74, 6) is -0.563. The van der Waals surface area contributed by atoms with Gasteiger partial charge in [-0.2, -0.15) is 0 Å². The van der Waals surface area contributed by atoms with Gasteiger partial charge in [0.05, 0.1) is 13.0 Å². The Bertz CT molecular complexity index is 1200. The van der Waals surface area contributed by atoms with Crippen molar-refractivity contribution in [3.63, 3.8) is 0 Å². The van der Waals surface area contributed by atoms with E-state index >= 15 is 0 Å². The van der Waals surface area contributed by atoms with E-state index in [1.807, 2.05) is 12.2 Å². The van der Waals surface area contributed by atoms with E-state index in [1.54, 1.807) is 0 Å². The van der Waals surface area contributed by atoms with Crippen LogP contribution in [0, 0.1) is 0 Å². The molecule has 0 rings (SSSR count). The smallest absolute Gasteiger partial charge is 0.309 e. The second kappa shape index (κ2) is 52.2. The van der Waals surface area contributed by atoms with Gasteiger partial charge in [-0.25, -0.2) is 0 Å². The molecule has 62 heavy (non-hydrogen) atoms. The first kappa shape index (κ1) is 58.8. The SMILES string of the molecule is CC/C=C\C/C=C\C/C=C\C/C=C\C/C=C\CC(=O)OCC(COCCCCCCCCCCCCCCCCCC)OC(=O)CCCCCCC/C=C\C/C=C\C/C=C\CC. The summed E-state index contributed by atoms with van der Waals surface area (Å²) in [5, 5.41) is 0. The molecule has 1 unspecified atom stereocenters. The Morgan fingerprint density at radius 3 is 1.24 bits per heavy atom. The van der Waals surface area contributed by atoms with Gasteiger partial charge in [-0.3, -0.25) is 9.59 Å². The summed E-state index contributed by atoms with van der Waals surface area (Å²) >= 11 is 0. The first-order chi connectivity index (χ1) is 30.6. The Hall–Kier alpha value is -3.18. The van der Waals surface area contributed by atoms with Gasteiger partial charge < -0.3 is 14.2 Å². The third-order valence-corrected chi connectivity index (χ3v) is 10.6. The maximum absolute atomic E-state index is 12.8. The minimum atomic E-state index is -0.588. The Morgan fingerprint density at radius 2 is 0.774 bits per heavy atom. The maximum Gasteiger partial charge on any atom is 0.309 e. The van der Waals surface area contributed by atoms with E-state index < -0.39 is 6.10 Å². The summed E-state index contributed by atoms with van der Waals surface area (Å²) in [5.41, 5.74) is 0. The molecule has 0 aromatic heterocycles. The van der Waals surface area contributed by atoms with E-state index in [-0.39, 0.29) is 31.6 Å². The van der Waals surface area contributed by atoms with Crippen LogP contribution >= 0.6 is 0 Å². The second-order valence-corrected chi connectivity index (χ2v) is 16.7. The Labute approximate surface area is 383 Å². The molecule has 0 saturated heterocycles. The topological polar surface area (TPSA) is 61.8 Å². The number of ether oxygens (including phenoxy) is 3. The molecule has 0 aliphatic rings. The van der Waals surface area contributed by atoms with Gasteiger partial charge in [-0.1, -0.05) is 234 Å². The van der Waals surface area contributed by atoms with Crippen LogP contribution in [-0.2, 0) is 23.8 Å². The number of hydrogen-bond donors (Lipinski definition) is 0. The Morgan fingerprint density at radius 1 is 0.387 bits per heavy atom. The van der Waals surface area contributed by atoms with Crippen LogP contribution in [0.2, 0.25) is 0 Å². The minimum absolute atomic E-state index is 0.0213. The number of esters is 2. The number of allylic oxidation sites excluding steroid dienone is 15. The normalized spacial score (nSPS) is 13.0. The maximum atomic E-state index is 12.8. The average Bonchev–Trinajstić information content (AvgIpc) is 3.27. The number of hydrogen-bond acceptors (Lipinski definition) is 5. The summed E-state index contributed by atoms with van der Waals surface area (Å²) in [6, 6.07) is 0. The first-order valence-electron chi connectivity index (χ1n) is 25.8. The van der Waals surface area contributed by atoms with E-state index in [9.17, 15) is 9.59 Å². The van der Waals surface area contributed by atoms with E-state index in [1.165, 1.54) is 103 Å². The zero-order valence-electron chi connectivity index (χ0n) is 40.6. The zero-order valence-corrected chi connectivity index (χ0v) is 40.6. The second-order valence-electron chi connectivity index (χ2n) is 16.7. The molecule has 0 N–H and O–H groups in total. The first-order valence-corrected chi connectivity index (χ1v) is 25.8. The molecule has 0 aromatic rings. The van der Waals surface area contributed by atoms with Crippen LogP contribution in [0.3, 0.4) is 0 Å². The van der Waals surface area contributed by atoms with Crippen LogP contribution < -0.4 is 0 Å². The van der Waals surface area contributed by atoms with Gasteiger partial charge in [-0.15, -0.1) is 0 Å². The van der Waals surface area contributed by atoms with Crippen molar-refractivity contribution in [3.05, 3.63) is 97.2 Å². The molecule has 0 spiro atoms. The largest absolute Gasteiger partial charge is 0.461 e. The monoisotopic (exact) mass is 861 g/mol. The molecule has 0 radical (unpaired) electrons. The van der Waals surface area contributed by atoms with Gasteiger partial charge in [0.2, 0.25) is 0 Å². The lowest BCUT2D eigenvalue weighted by molar-refractivity contribution is -0.162. The van der Waals surface area contributed by atoms with Crippen molar-refractivity contribution in [2.75, 3.05) is 19.8 Å². The molecule has 1 atom stereocenters. The van der Waals surface area contributed by atoms with Crippen LogP contribution in [0.25, 0.3) is 0 Å². The summed E-state index contributed by atoms with van der Waals surface area (Å²) in [6.07, 6.45) is 70.1. The van der Waals surface area contributed by atoms with Crippen molar-refractivity contribution < 1.29 is 23.8 Å². The highest BCUT2D eigenvalue weighted by Gasteiger charge is 2.17. The van der Waals surface area contributed by atoms with Crippen molar-refractivity contribution in [2.24, 2.45) is 0 Å². The number of carbonyl (C=O) groups excluding carboxylic acids is 2. The van der Waals surface area contributed by atoms with E-state index in [0.29, 0.717) is 13.0 Å². The molecule has 0 aromatic carbocycles. The summed E-state index contributed by atoms with van der Waals surface area (Å²) < 4.78 is 17.3. The highest BCUT2D eigenvalue weighted by atomic mass is 16.6. The molecule has 0 bridgehead atoms. The lowest BCUT2D eigenvalue weighted by Crippen LogP contribution is -2.30. The summed E-state index contributed by atoms with van der Waals surface area (Å²) in [6.45, 7) is 7.49. The minimum Gasteiger partial charge on any atom is -0.461 e. The van der Waals surface area contributed by atoms with Gasteiger partial charge in [0, 0.05) is 13.0 Å². The fourth-order valence-electron chi connectivity index (χ4n) is 6.89.